The lowest BCUT2D eigenvalue weighted by molar-refractivity contribution is 0.258. The van der Waals surface area contributed by atoms with Crippen molar-refractivity contribution in [3.8, 4) is 0 Å². The maximum Gasteiger partial charge on any atom is 0.195 e. The summed E-state index contributed by atoms with van der Waals surface area (Å²) >= 11 is 0. The molecule has 0 radical (unpaired) electrons. The standard InChI is InChI=1S/C22H25N5O/c1-3-22-25-19-6-4-16(12-20(19)28-22)18-8-10-27-14-17(5-7-21(27)24-18)26-11-9-23-15(2)13-26/h4-8,12,14-15,23H,3,9-11,13H2,1-2H3/t15-/m0/s1. The molecule has 0 amide bonds. The summed E-state index contributed by atoms with van der Waals surface area (Å²) in [6.45, 7) is 8.21. The normalized spacial score (nSPS) is 22.1. The Kier molecular flexibility index (Phi) is 4.28. The molecule has 1 atom stereocenters. The summed E-state index contributed by atoms with van der Waals surface area (Å²) < 4.78 is 5.81. The Labute approximate surface area is 164 Å². The van der Waals surface area contributed by atoms with E-state index in [0.717, 1.165) is 66.7 Å². The van der Waals surface area contributed by atoms with Crippen molar-refractivity contribution in [2.75, 3.05) is 26.2 Å². The fourth-order valence-electron chi connectivity index (χ4n) is 3.95. The number of aliphatic imine (C=N–C) groups is 1. The van der Waals surface area contributed by atoms with Crippen LogP contribution >= 0.6 is 0 Å². The van der Waals surface area contributed by atoms with Gasteiger partial charge in [0.15, 0.2) is 11.5 Å². The number of oxazole rings is 1. The Balaban J connectivity index is 1.37. The summed E-state index contributed by atoms with van der Waals surface area (Å²) in [6, 6.07) is 6.65. The maximum absolute atomic E-state index is 5.81. The second-order valence-electron chi connectivity index (χ2n) is 7.54. The van der Waals surface area contributed by atoms with E-state index in [2.05, 4.69) is 57.5 Å². The Morgan fingerprint density at radius 2 is 2.21 bits per heavy atom. The SMILES string of the molecule is CCc1nc2ccc(C3=CCN4C=C(N5CCN[C@@H](C)C5)C=CC4=N3)cc2o1. The third-order valence-electron chi connectivity index (χ3n) is 5.47. The second-order valence-corrected chi connectivity index (χ2v) is 7.54. The van der Waals surface area contributed by atoms with E-state index in [-0.39, 0.29) is 0 Å². The highest BCUT2D eigenvalue weighted by atomic mass is 16.3. The number of fused-ring (bicyclic) bond motifs is 2. The Morgan fingerprint density at radius 1 is 1.29 bits per heavy atom. The first-order valence-corrected chi connectivity index (χ1v) is 10.0. The monoisotopic (exact) mass is 375 g/mol. The van der Waals surface area contributed by atoms with Gasteiger partial charge in [-0.3, -0.25) is 0 Å². The molecule has 1 aromatic carbocycles. The van der Waals surface area contributed by atoms with Crippen LogP contribution in [0.4, 0.5) is 0 Å². The van der Waals surface area contributed by atoms with Crippen molar-refractivity contribution in [2.45, 2.75) is 26.3 Å². The molecule has 0 saturated carbocycles. The van der Waals surface area contributed by atoms with E-state index < -0.39 is 0 Å². The van der Waals surface area contributed by atoms with E-state index in [9.17, 15) is 0 Å². The van der Waals surface area contributed by atoms with Gasteiger partial charge >= 0.3 is 0 Å². The minimum absolute atomic E-state index is 0.519. The topological polar surface area (TPSA) is 56.9 Å². The molecular weight excluding hydrogens is 350 g/mol. The van der Waals surface area contributed by atoms with Crippen LogP contribution in [-0.2, 0) is 6.42 Å². The average molecular weight is 375 g/mol. The van der Waals surface area contributed by atoms with Gasteiger partial charge in [-0.15, -0.1) is 0 Å². The first-order valence-electron chi connectivity index (χ1n) is 10.0. The number of amidine groups is 1. The minimum atomic E-state index is 0.519. The van der Waals surface area contributed by atoms with Gasteiger partial charge in [0, 0.05) is 50.4 Å². The number of aromatic nitrogens is 1. The molecule has 28 heavy (non-hydrogen) atoms. The first-order chi connectivity index (χ1) is 13.7. The number of hydrogen-bond acceptors (Lipinski definition) is 6. The molecule has 4 heterocycles. The first kappa shape index (κ1) is 17.3. The smallest absolute Gasteiger partial charge is 0.195 e. The van der Waals surface area contributed by atoms with Crippen LogP contribution in [0.15, 0.2) is 57.7 Å². The van der Waals surface area contributed by atoms with Crippen molar-refractivity contribution in [3.05, 3.63) is 59.8 Å². The highest BCUT2D eigenvalue weighted by Gasteiger charge is 2.22. The molecule has 5 rings (SSSR count). The highest BCUT2D eigenvalue weighted by Crippen LogP contribution is 2.27. The minimum Gasteiger partial charge on any atom is -0.441 e. The van der Waals surface area contributed by atoms with Crippen molar-refractivity contribution in [1.82, 2.24) is 20.1 Å². The van der Waals surface area contributed by atoms with Crippen LogP contribution in [0.2, 0.25) is 0 Å². The number of hydrogen-bond donors (Lipinski definition) is 1. The lowest BCUT2D eigenvalue weighted by atomic mass is 10.1. The van der Waals surface area contributed by atoms with Crippen molar-refractivity contribution < 1.29 is 4.42 Å². The maximum atomic E-state index is 5.81. The van der Waals surface area contributed by atoms with Gasteiger partial charge in [-0.1, -0.05) is 13.0 Å². The molecule has 3 aliphatic heterocycles. The fourth-order valence-corrected chi connectivity index (χ4v) is 3.95. The van der Waals surface area contributed by atoms with E-state index in [1.165, 1.54) is 5.70 Å². The summed E-state index contributed by atoms with van der Waals surface area (Å²) in [7, 11) is 0. The van der Waals surface area contributed by atoms with Crippen LogP contribution in [0, 0.1) is 0 Å². The van der Waals surface area contributed by atoms with Gasteiger partial charge in [0.05, 0.1) is 11.4 Å². The number of allylic oxidation sites excluding steroid dienone is 1. The van der Waals surface area contributed by atoms with E-state index in [1.807, 2.05) is 19.1 Å². The van der Waals surface area contributed by atoms with Gasteiger partial charge in [0.2, 0.25) is 0 Å². The van der Waals surface area contributed by atoms with Crippen LogP contribution in [0.3, 0.4) is 0 Å². The Bertz CT molecular complexity index is 1030. The quantitative estimate of drug-likeness (QED) is 0.893. The molecule has 1 aromatic heterocycles. The van der Waals surface area contributed by atoms with Gasteiger partial charge in [0.1, 0.15) is 11.4 Å². The largest absolute Gasteiger partial charge is 0.441 e. The molecule has 6 heteroatoms. The molecule has 0 spiro atoms. The van der Waals surface area contributed by atoms with E-state index >= 15 is 0 Å². The van der Waals surface area contributed by atoms with Crippen molar-refractivity contribution in [3.63, 3.8) is 0 Å². The van der Waals surface area contributed by atoms with Crippen molar-refractivity contribution in [2.24, 2.45) is 4.99 Å². The van der Waals surface area contributed by atoms with E-state index in [4.69, 9.17) is 9.41 Å². The number of aryl methyl sites for hydroxylation is 1. The molecule has 6 nitrogen and oxygen atoms in total. The Hall–Kier alpha value is -2.86. The predicted octanol–water partition coefficient (Wildman–Crippen LogP) is 3.15. The molecule has 1 N–H and O–H groups in total. The third-order valence-corrected chi connectivity index (χ3v) is 5.47. The summed E-state index contributed by atoms with van der Waals surface area (Å²) in [5.74, 6) is 1.76. The van der Waals surface area contributed by atoms with E-state index in [0.29, 0.717) is 6.04 Å². The molecule has 1 fully saturated rings. The van der Waals surface area contributed by atoms with Crippen LogP contribution < -0.4 is 5.32 Å². The van der Waals surface area contributed by atoms with Gasteiger partial charge in [-0.25, -0.2) is 9.98 Å². The second kappa shape index (κ2) is 6.95. The van der Waals surface area contributed by atoms with Crippen molar-refractivity contribution >= 4 is 22.6 Å². The van der Waals surface area contributed by atoms with Crippen LogP contribution in [0.5, 0.6) is 0 Å². The summed E-state index contributed by atoms with van der Waals surface area (Å²) in [5.41, 5.74) is 5.05. The third kappa shape index (κ3) is 3.14. The number of nitrogens with one attached hydrogen (secondary N) is 1. The molecule has 144 valence electrons. The lowest BCUT2D eigenvalue weighted by Crippen LogP contribution is -2.49. The zero-order valence-corrected chi connectivity index (χ0v) is 16.4. The molecule has 3 aliphatic rings. The van der Waals surface area contributed by atoms with Gasteiger partial charge < -0.3 is 19.5 Å². The van der Waals surface area contributed by atoms with Gasteiger partial charge in [-0.2, -0.15) is 0 Å². The van der Waals surface area contributed by atoms with Crippen LogP contribution in [0.25, 0.3) is 16.8 Å². The molecule has 0 bridgehead atoms. The zero-order valence-electron chi connectivity index (χ0n) is 16.4. The van der Waals surface area contributed by atoms with Gasteiger partial charge in [-0.05, 0) is 37.3 Å². The lowest BCUT2D eigenvalue weighted by Gasteiger charge is -2.37. The number of piperazine rings is 1. The number of nitrogens with zero attached hydrogens (tertiary/aromatic N) is 4. The summed E-state index contributed by atoms with van der Waals surface area (Å²) in [6.07, 6.45) is 9.50. The van der Waals surface area contributed by atoms with Gasteiger partial charge in [0.25, 0.3) is 0 Å². The fraction of sp³-hybridized carbons (Fsp3) is 0.364. The van der Waals surface area contributed by atoms with Crippen LogP contribution in [0.1, 0.15) is 25.3 Å². The summed E-state index contributed by atoms with van der Waals surface area (Å²) in [4.78, 5) is 14.0. The molecule has 1 saturated heterocycles. The molecule has 0 aliphatic carbocycles. The Morgan fingerprint density at radius 3 is 3.07 bits per heavy atom. The van der Waals surface area contributed by atoms with Crippen LogP contribution in [-0.4, -0.2) is 52.8 Å². The molecule has 0 unspecified atom stereocenters. The van der Waals surface area contributed by atoms with E-state index in [1.54, 1.807) is 0 Å². The zero-order chi connectivity index (χ0) is 19.1. The highest BCUT2D eigenvalue weighted by molar-refractivity contribution is 6.00. The molecule has 2 aromatic rings. The number of rotatable bonds is 3. The number of benzene rings is 1. The summed E-state index contributed by atoms with van der Waals surface area (Å²) in [5, 5.41) is 3.50. The van der Waals surface area contributed by atoms with Crippen molar-refractivity contribution in [1.29, 1.82) is 0 Å². The molecular formula is C22H25N5O. The predicted molar refractivity (Wildman–Crippen MR) is 112 cm³/mol. The average Bonchev–Trinajstić information content (AvgIpc) is 3.15.